The summed E-state index contributed by atoms with van der Waals surface area (Å²) in [4.78, 5) is 0. The Morgan fingerprint density at radius 1 is 1.21 bits per heavy atom. The van der Waals surface area contributed by atoms with Crippen molar-refractivity contribution in [2.75, 3.05) is 0 Å². The Morgan fingerprint density at radius 3 is 2.63 bits per heavy atom. The van der Waals surface area contributed by atoms with Crippen LogP contribution in [0.15, 0.2) is 30.3 Å². The molecular formula is C13H6ClF2NO2. The Morgan fingerprint density at radius 2 is 1.95 bits per heavy atom. The van der Waals surface area contributed by atoms with E-state index in [2.05, 4.69) is 0 Å². The maximum absolute atomic E-state index is 13.5. The molecular weight excluding hydrogens is 276 g/mol. The maximum Gasteiger partial charge on any atom is 0.210 e. The quantitative estimate of drug-likeness (QED) is 0.905. The number of rotatable bonds is 2. The van der Waals surface area contributed by atoms with E-state index >= 15 is 0 Å². The predicted octanol–water partition coefficient (Wildman–Crippen LogP) is 3.99. The fraction of sp³-hybridized carbons (Fsp3) is 0. The van der Waals surface area contributed by atoms with Gasteiger partial charge in [-0.2, -0.15) is 9.65 Å². The smallest absolute Gasteiger partial charge is 0.210 e. The number of benzene rings is 2. The summed E-state index contributed by atoms with van der Waals surface area (Å²) in [6.07, 6.45) is 0. The molecule has 2 aromatic carbocycles. The van der Waals surface area contributed by atoms with Gasteiger partial charge in [0.15, 0.2) is 11.6 Å². The second-order valence-electron chi connectivity index (χ2n) is 3.60. The van der Waals surface area contributed by atoms with Crippen LogP contribution in [0.1, 0.15) is 5.56 Å². The molecule has 0 heterocycles. The minimum absolute atomic E-state index is 0.00699. The van der Waals surface area contributed by atoms with Crippen LogP contribution < -0.4 is 4.74 Å². The molecule has 0 radical (unpaired) electrons. The fourth-order valence-corrected chi connectivity index (χ4v) is 1.64. The van der Waals surface area contributed by atoms with Crippen molar-refractivity contribution >= 4 is 11.6 Å². The molecule has 19 heavy (non-hydrogen) atoms. The van der Waals surface area contributed by atoms with Crippen LogP contribution in [0, 0.1) is 23.0 Å². The number of aromatic hydroxyl groups is 1. The molecule has 6 heteroatoms. The van der Waals surface area contributed by atoms with Crippen LogP contribution in [0.4, 0.5) is 8.78 Å². The van der Waals surface area contributed by atoms with Crippen molar-refractivity contribution in [3.05, 3.63) is 52.6 Å². The first-order valence-corrected chi connectivity index (χ1v) is 5.44. The van der Waals surface area contributed by atoms with Gasteiger partial charge in [-0.05, 0) is 30.3 Å². The Hall–Kier alpha value is -2.32. The molecule has 0 aliphatic rings. The van der Waals surface area contributed by atoms with E-state index in [1.54, 1.807) is 0 Å². The van der Waals surface area contributed by atoms with Gasteiger partial charge in [0.25, 0.3) is 0 Å². The normalized spacial score (nSPS) is 10.0. The average Bonchev–Trinajstić information content (AvgIpc) is 2.38. The molecule has 0 saturated heterocycles. The summed E-state index contributed by atoms with van der Waals surface area (Å²) in [6, 6.07) is 7.52. The average molecular weight is 282 g/mol. The lowest BCUT2D eigenvalue weighted by Crippen LogP contribution is -1.93. The third-order valence-electron chi connectivity index (χ3n) is 2.25. The van der Waals surface area contributed by atoms with Crippen molar-refractivity contribution < 1.29 is 18.6 Å². The second kappa shape index (κ2) is 5.12. The van der Waals surface area contributed by atoms with Crippen LogP contribution in [0.3, 0.4) is 0 Å². The standard InChI is InChI=1S/C13H6ClF2NO2/c14-8-3-7(6-17)4-9(5-8)19-13-10(15)1-2-11(18)12(13)16/h1-5,18H. The van der Waals surface area contributed by atoms with Crippen molar-refractivity contribution in [2.45, 2.75) is 0 Å². The topological polar surface area (TPSA) is 53.2 Å². The Bertz CT molecular complexity index is 683. The molecule has 0 atom stereocenters. The molecule has 3 nitrogen and oxygen atoms in total. The van der Waals surface area contributed by atoms with Gasteiger partial charge >= 0.3 is 0 Å². The van der Waals surface area contributed by atoms with Crippen molar-refractivity contribution in [3.63, 3.8) is 0 Å². The predicted molar refractivity (Wildman–Crippen MR) is 64.3 cm³/mol. The molecule has 2 aromatic rings. The zero-order valence-electron chi connectivity index (χ0n) is 9.32. The zero-order valence-corrected chi connectivity index (χ0v) is 10.1. The van der Waals surface area contributed by atoms with Crippen LogP contribution in [0.25, 0.3) is 0 Å². The van der Waals surface area contributed by atoms with Crippen molar-refractivity contribution in [1.29, 1.82) is 5.26 Å². The van der Waals surface area contributed by atoms with Crippen LogP contribution in [-0.4, -0.2) is 5.11 Å². The Labute approximate surface area is 112 Å². The summed E-state index contributed by atoms with van der Waals surface area (Å²) < 4.78 is 31.9. The Kier molecular flexibility index (Phi) is 3.54. The van der Waals surface area contributed by atoms with E-state index in [4.69, 9.17) is 26.7 Å². The summed E-state index contributed by atoms with van der Waals surface area (Å²) in [6.45, 7) is 0. The molecule has 1 N–H and O–H groups in total. The summed E-state index contributed by atoms with van der Waals surface area (Å²) in [7, 11) is 0. The SMILES string of the molecule is N#Cc1cc(Cl)cc(Oc2c(F)ccc(O)c2F)c1. The largest absolute Gasteiger partial charge is 0.505 e. The highest BCUT2D eigenvalue weighted by atomic mass is 35.5. The summed E-state index contributed by atoms with van der Waals surface area (Å²) >= 11 is 5.74. The molecule has 0 unspecified atom stereocenters. The van der Waals surface area contributed by atoms with Gasteiger partial charge < -0.3 is 9.84 Å². The lowest BCUT2D eigenvalue weighted by Gasteiger charge is -2.09. The second-order valence-corrected chi connectivity index (χ2v) is 4.04. The number of phenolic OH excluding ortho intramolecular Hbond substituents is 1. The van der Waals surface area contributed by atoms with Gasteiger partial charge in [0, 0.05) is 5.02 Å². The monoisotopic (exact) mass is 281 g/mol. The molecule has 96 valence electrons. The first kappa shape index (κ1) is 13.1. The third-order valence-corrected chi connectivity index (χ3v) is 2.47. The van der Waals surface area contributed by atoms with Gasteiger partial charge in [-0.3, -0.25) is 0 Å². The molecule has 0 fully saturated rings. The van der Waals surface area contributed by atoms with E-state index in [9.17, 15) is 8.78 Å². The van der Waals surface area contributed by atoms with Crippen molar-refractivity contribution in [2.24, 2.45) is 0 Å². The zero-order chi connectivity index (χ0) is 14.0. The van der Waals surface area contributed by atoms with Gasteiger partial charge in [0.2, 0.25) is 11.6 Å². The van der Waals surface area contributed by atoms with Crippen LogP contribution >= 0.6 is 11.6 Å². The molecule has 0 aromatic heterocycles. The number of ether oxygens (including phenoxy) is 1. The van der Waals surface area contributed by atoms with Gasteiger partial charge in [-0.1, -0.05) is 11.6 Å². The Balaban J connectivity index is 2.45. The maximum atomic E-state index is 13.5. The van der Waals surface area contributed by atoms with E-state index in [0.29, 0.717) is 0 Å². The van der Waals surface area contributed by atoms with E-state index < -0.39 is 23.1 Å². The molecule has 0 spiro atoms. The summed E-state index contributed by atoms with van der Waals surface area (Å²) in [5, 5.41) is 18.1. The van der Waals surface area contributed by atoms with Gasteiger partial charge in [0.05, 0.1) is 11.6 Å². The highest BCUT2D eigenvalue weighted by Gasteiger charge is 2.16. The first-order chi connectivity index (χ1) is 9.01. The highest BCUT2D eigenvalue weighted by Crippen LogP contribution is 2.33. The minimum Gasteiger partial charge on any atom is -0.505 e. The fourth-order valence-electron chi connectivity index (χ4n) is 1.42. The molecule has 2 rings (SSSR count). The number of nitriles is 1. The van der Waals surface area contributed by atoms with E-state index in [0.717, 1.165) is 12.1 Å². The summed E-state index contributed by atoms with van der Waals surface area (Å²) in [5.41, 5.74) is 0.184. The highest BCUT2D eigenvalue weighted by molar-refractivity contribution is 6.30. The number of hydrogen-bond acceptors (Lipinski definition) is 3. The molecule has 0 amide bonds. The van der Waals surface area contributed by atoms with Crippen molar-refractivity contribution in [1.82, 2.24) is 0 Å². The minimum atomic E-state index is -1.22. The first-order valence-electron chi connectivity index (χ1n) is 5.07. The number of hydrogen-bond donors (Lipinski definition) is 1. The van der Waals surface area contributed by atoms with Gasteiger partial charge in [-0.25, -0.2) is 4.39 Å². The van der Waals surface area contributed by atoms with E-state index in [-0.39, 0.29) is 16.3 Å². The molecule has 0 bridgehead atoms. The van der Waals surface area contributed by atoms with Crippen LogP contribution in [0.2, 0.25) is 5.02 Å². The van der Waals surface area contributed by atoms with Crippen LogP contribution in [-0.2, 0) is 0 Å². The van der Waals surface area contributed by atoms with E-state index in [1.165, 1.54) is 18.2 Å². The lowest BCUT2D eigenvalue weighted by atomic mass is 10.2. The number of nitrogens with zero attached hydrogens (tertiary/aromatic N) is 1. The van der Waals surface area contributed by atoms with Gasteiger partial charge in [0.1, 0.15) is 5.75 Å². The van der Waals surface area contributed by atoms with Gasteiger partial charge in [-0.15, -0.1) is 0 Å². The third kappa shape index (κ3) is 2.75. The number of phenols is 1. The van der Waals surface area contributed by atoms with Crippen molar-refractivity contribution in [3.8, 4) is 23.3 Å². The van der Waals surface area contributed by atoms with E-state index in [1.807, 2.05) is 6.07 Å². The van der Waals surface area contributed by atoms with Crippen LogP contribution in [0.5, 0.6) is 17.2 Å². The molecule has 0 aliphatic carbocycles. The molecule has 0 saturated carbocycles. The number of halogens is 3. The summed E-state index contributed by atoms with van der Waals surface area (Å²) in [5.74, 6) is -3.70. The molecule has 0 aliphatic heterocycles. The lowest BCUT2D eigenvalue weighted by molar-refractivity contribution is 0.375.